The first-order chi connectivity index (χ1) is 7.74. The average molecular weight is 238 g/mol. The molecule has 0 saturated carbocycles. The molecule has 0 aromatic carbocycles. The molecule has 0 rings (SSSR count). The number of aliphatic hydroxyl groups is 3. The molecule has 0 radical (unpaired) electrons. The number of hydrogen-bond acceptors (Lipinski definition) is 7. The van der Waals surface area contributed by atoms with Crippen molar-refractivity contribution >= 4 is 0 Å². The maximum absolute atomic E-state index is 8.63. The summed E-state index contributed by atoms with van der Waals surface area (Å²) in [5, 5.41) is 25.9. The van der Waals surface area contributed by atoms with Crippen LogP contribution >= 0.6 is 0 Å². The minimum atomic E-state index is -1.89. The highest BCUT2D eigenvalue weighted by molar-refractivity contribution is 4.54. The van der Waals surface area contributed by atoms with Gasteiger partial charge in [0.1, 0.15) is 0 Å². The van der Waals surface area contributed by atoms with E-state index in [0.29, 0.717) is 0 Å². The molecule has 96 valence electrons. The van der Waals surface area contributed by atoms with E-state index >= 15 is 0 Å². The van der Waals surface area contributed by atoms with E-state index in [2.05, 4.69) is 6.58 Å². The topological polar surface area (TPSA) is 97.6 Å². The van der Waals surface area contributed by atoms with E-state index in [-0.39, 0.29) is 39.6 Å². The second-order valence-corrected chi connectivity index (χ2v) is 2.50. The smallest absolute Gasteiger partial charge is 0.425 e. The zero-order valence-electron chi connectivity index (χ0n) is 9.00. The first-order valence-corrected chi connectivity index (χ1v) is 4.78. The van der Waals surface area contributed by atoms with Gasteiger partial charge in [0.15, 0.2) is 0 Å². The number of aliphatic hydroxyl groups excluding tert-OH is 3. The minimum absolute atomic E-state index is 0.0926. The van der Waals surface area contributed by atoms with E-state index in [0.717, 1.165) is 6.26 Å². The van der Waals surface area contributed by atoms with Crippen LogP contribution in [0.15, 0.2) is 12.8 Å². The molecule has 0 unspecified atom stereocenters. The molecule has 0 fully saturated rings. The van der Waals surface area contributed by atoms with Gasteiger partial charge < -0.3 is 20.1 Å². The van der Waals surface area contributed by atoms with Crippen molar-refractivity contribution in [1.29, 1.82) is 0 Å². The Hall–Kier alpha value is -0.700. The van der Waals surface area contributed by atoms with Gasteiger partial charge in [-0.3, -0.25) is 14.2 Å². The summed E-state index contributed by atoms with van der Waals surface area (Å²) in [4.78, 5) is 0. The highest BCUT2D eigenvalue weighted by Gasteiger charge is 2.35. The summed E-state index contributed by atoms with van der Waals surface area (Å²) in [6.07, 6.45) is -0.859. The van der Waals surface area contributed by atoms with E-state index in [1.54, 1.807) is 0 Å². The van der Waals surface area contributed by atoms with Crippen molar-refractivity contribution in [3.63, 3.8) is 0 Å². The van der Waals surface area contributed by atoms with Gasteiger partial charge in [0, 0.05) is 0 Å². The summed E-state index contributed by atoms with van der Waals surface area (Å²) in [6, 6.07) is 0. The zero-order valence-corrected chi connectivity index (χ0v) is 9.00. The van der Waals surface area contributed by atoms with Gasteiger partial charge >= 0.3 is 6.16 Å². The molecule has 0 aliphatic carbocycles. The molecule has 0 bridgehead atoms. The maximum atomic E-state index is 8.63. The Balaban J connectivity index is 4.37. The lowest BCUT2D eigenvalue weighted by Gasteiger charge is -2.30. The average Bonchev–Trinajstić information content (AvgIpc) is 2.31. The molecule has 0 aromatic heterocycles. The third-order valence-electron chi connectivity index (χ3n) is 1.34. The molecular weight excluding hydrogens is 220 g/mol. The number of ether oxygens (including phenoxy) is 4. The van der Waals surface area contributed by atoms with Crippen molar-refractivity contribution in [3.05, 3.63) is 12.8 Å². The molecule has 0 aliphatic rings. The first-order valence-electron chi connectivity index (χ1n) is 4.78. The van der Waals surface area contributed by atoms with Gasteiger partial charge in [0.25, 0.3) is 0 Å². The van der Waals surface area contributed by atoms with Gasteiger partial charge in [-0.25, -0.2) is 0 Å². The molecule has 0 heterocycles. The van der Waals surface area contributed by atoms with Crippen LogP contribution in [0.4, 0.5) is 0 Å². The summed E-state index contributed by atoms with van der Waals surface area (Å²) < 4.78 is 19.9. The lowest BCUT2D eigenvalue weighted by molar-refractivity contribution is -0.486. The maximum Gasteiger partial charge on any atom is 0.460 e. The van der Waals surface area contributed by atoms with Gasteiger partial charge in [-0.1, -0.05) is 6.58 Å². The highest BCUT2D eigenvalue weighted by Crippen LogP contribution is 2.17. The molecular formula is C9H18O7. The quantitative estimate of drug-likeness (QED) is 0.307. The van der Waals surface area contributed by atoms with E-state index in [1.165, 1.54) is 0 Å². The first kappa shape index (κ1) is 15.3. The Morgan fingerprint density at radius 3 is 1.50 bits per heavy atom. The molecule has 0 spiro atoms. The minimum Gasteiger partial charge on any atom is -0.425 e. The van der Waals surface area contributed by atoms with Crippen molar-refractivity contribution in [2.75, 3.05) is 39.6 Å². The van der Waals surface area contributed by atoms with Crippen LogP contribution in [0.25, 0.3) is 0 Å². The van der Waals surface area contributed by atoms with E-state index < -0.39 is 6.16 Å². The second kappa shape index (κ2) is 9.52. The Morgan fingerprint density at radius 2 is 1.25 bits per heavy atom. The molecule has 7 heteroatoms. The van der Waals surface area contributed by atoms with Crippen LogP contribution in [0.5, 0.6) is 0 Å². The summed E-state index contributed by atoms with van der Waals surface area (Å²) in [6.45, 7) is 2.27. The molecule has 7 nitrogen and oxygen atoms in total. The van der Waals surface area contributed by atoms with Crippen LogP contribution < -0.4 is 0 Å². The zero-order chi connectivity index (χ0) is 12.3. The van der Waals surface area contributed by atoms with Crippen LogP contribution in [0.3, 0.4) is 0 Å². The van der Waals surface area contributed by atoms with Gasteiger partial charge in [-0.15, -0.1) is 0 Å². The van der Waals surface area contributed by atoms with Crippen LogP contribution in [-0.4, -0.2) is 61.1 Å². The van der Waals surface area contributed by atoms with Gasteiger partial charge in [-0.2, -0.15) is 0 Å². The van der Waals surface area contributed by atoms with Crippen molar-refractivity contribution in [1.82, 2.24) is 0 Å². The van der Waals surface area contributed by atoms with Crippen molar-refractivity contribution < 1.29 is 34.3 Å². The Labute approximate surface area is 93.8 Å². The summed E-state index contributed by atoms with van der Waals surface area (Å²) in [5.74, 6) is 0. The van der Waals surface area contributed by atoms with E-state index in [4.69, 9.17) is 34.3 Å². The monoisotopic (exact) mass is 238 g/mol. The third kappa shape index (κ3) is 6.01. The van der Waals surface area contributed by atoms with Gasteiger partial charge in [-0.05, 0) is 0 Å². The third-order valence-corrected chi connectivity index (χ3v) is 1.34. The Morgan fingerprint density at radius 1 is 0.875 bits per heavy atom. The van der Waals surface area contributed by atoms with Crippen molar-refractivity contribution in [3.8, 4) is 0 Å². The SMILES string of the molecule is C=COC(OCCO)(OCCO)OCCO. The fraction of sp³-hybridized carbons (Fsp3) is 0.778. The normalized spacial score (nSPS) is 11.4. The lowest BCUT2D eigenvalue weighted by Crippen LogP contribution is -2.43. The summed E-state index contributed by atoms with van der Waals surface area (Å²) in [5.41, 5.74) is 0. The lowest BCUT2D eigenvalue weighted by atomic mass is 10.7. The molecule has 0 amide bonds. The van der Waals surface area contributed by atoms with Crippen molar-refractivity contribution in [2.45, 2.75) is 6.16 Å². The molecule has 0 aliphatic heterocycles. The molecule has 0 saturated heterocycles. The largest absolute Gasteiger partial charge is 0.460 e. The predicted octanol–water partition coefficient (Wildman–Crippen LogP) is -1.22. The van der Waals surface area contributed by atoms with E-state index in [9.17, 15) is 0 Å². The molecule has 16 heavy (non-hydrogen) atoms. The highest BCUT2D eigenvalue weighted by atomic mass is 17.0. The second-order valence-electron chi connectivity index (χ2n) is 2.50. The fourth-order valence-corrected chi connectivity index (χ4v) is 0.841. The van der Waals surface area contributed by atoms with Crippen LogP contribution in [-0.2, 0) is 18.9 Å². The number of hydrogen-bond donors (Lipinski definition) is 3. The number of rotatable bonds is 11. The van der Waals surface area contributed by atoms with Crippen molar-refractivity contribution in [2.24, 2.45) is 0 Å². The standard InChI is InChI=1S/C9H18O7/c1-2-13-9(14-6-3-10,15-7-4-11)16-8-5-12/h2,10-12H,1,3-8H2. The Kier molecular flexibility index (Phi) is 9.10. The van der Waals surface area contributed by atoms with Crippen LogP contribution in [0.2, 0.25) is 0 Å². The summed E-state index contributed by atoms with van der Waals surface area (Å²) in [7, 11) is 0. The van der Waals surface area contributed by atoms with E-state index in [1.807, 2.05) is 0 Å². The fourth-order valence-electron chi connectivity index (χ4n) is 0.841. The molecule has 0 atom stereocenters. The predicted molar refractivity (Wildman–Crippen MR) is 53.1 cm³/mol. The van der Waals surface area contributed by atoms with Crippen LogP contribution in [0.1, 0.15) is 0 Å². The molecule has 3 N–H and O–H groups in total. The van der Waals surface area contributed by atoms with Crippen LogP contribution in [0, 0.1) is 0 Å². The van der Waals surface area contributed by atoms with Gasteiger partial charge in [0.05, 0.1) is 45.9 Å². The molecule has 0 aromatic rings. The van der Waals surface area contributed by atoms with Gasteiger partial charge in [0.2, 0.25) is 0 Å². The summed E-state index contributed by atoms with van der Waals surface area (Å²) >= 11 is 0. The Bertz CT molecular complexity index is 151.